The maximum absolute atomic E-state index is 13.2. The van der Waals surface area contributed by atoms with Crippen LogP contribution in [0.3, 0.4) is 0 Å². The van der Waals surface area contributed by atoms with Gasteiger partial charge in [-0.2, -0.15) is 12.7 Å². The number of nitrogens with zero attached hydrogens (tertiary/aromatic N) is 3. The summed E-state index contributed by atoms with van der Waals surface area (Å²) in [5, 5.41) is 1.11. The first-order valence-electron chi connectivity index (χ1n) is 15.3. The van der Waals surface area contributed by atoms with Gasteiger partial charge in [-0.1, -0.05) is 25.3 Å². The molecule has 10 heteroatoms. The van der Waals surface area contributed by atoms with E-state index in [0.29, 0.717) is 31.1 Å². The van der Waals surface area contributed by atoms with Gasteiger partial charge in [0.25, 0.3) is 5.91 Å². The molecule has 2 saturated carbocycles. The van der Waals surface area contributed by atoms with Gasteiger partial charge in [-0.3, -0.25) is 9.59 Å². The van der Waals surface area contributed by atoms with Crippen LogP contribution < -0.4 is 9.46 Å². The predicted octanol–water partition coefficient (Wildman–Crippen LogP) is 5.26. The van der Waals surface area contributed by atoms with Crippen molar-refractivity contribution >= 4 is 32.9 Å². The lowest BCUT2D eigenvalue weighted by molar-refractivity contribution is -0.129. The van der Waals surface area contributed by atoms with E-state index in [1.807, 2.05) is 30.0 Å². The van der Waals surface area contributed by atoms with E-state index in [9.17, 15) is 18.0 Å². The van der Waals surface area contributed by atoms with Crippen LogP contribution >= 0.6 is 0 Å². The van der Waals surface area contributed by atoms with Crippen LogP contribution in [0.5, 0.6) is 5.75 Å². The molecule has 2 heterocycles. The standard InChI is InChI=1S/C33H42N4O5S/c1-6-36(21(2)38)19-33-18-28(33)27-17-24(42-5)13-15-25(27)31-30(22-10-8-7-9-11-22)26-14-12-23(16-29(26)37(31)20-33)32(39)34-43(40,41)35(3)4/h12-17,22,28H,6-11,18-20H2,1-5H3,(H,34,39). The molecule has 0 saturated heterocycles. The van der Waals surface area contributed by atoms with Crippen molar-refractivity contribution in [1.29, 1.82) is 0 Å². The number of rotatable bonds is 8. The molecule has 43 heavy (non-hydrogen) atoms. The van der Waals surface area contributed by atoms with E-state index >= 15 is 0 Å². The average molecular weight is 607 g/mol. The molecule has 2 fully saturated rings. The summed E-state index contributed by atoms with van der Waals surface area (Å²) in [4.78, 5) is 27.8. The van der Waals surface area contributed by atoms with Crippen LogP contribution in [-0.2, 0) is 21.5 Å². The number of carbonyl (C=O) groups is 2. The first-order valence-corrected chi connectivity index (χ1v) is 16.8. The van der Waals surface area contributed by atoms with Crippen molar-refractivity contribution in [3.8, 4) is 17.0 Å². The number of hydrogen-bond donors (Lipinski definition) is 1. The van der Waals surface area contributed by atoms with Crippen LogP contribution in [0, 0.1) is 5.41 Å². The quantitative estimate of drug-likeness (QED) is 0.377. The van der Waals surface area contributed by atoms with E-state index in [1.165, 1.54) is 55.7 Å². The fraction of sp³-hybridized carbons (Fsp3) is 0.515. The lowest BCUT2D eigenvalue weighted by Crippen LogP contribution is -2.39. The van der Waals surface area contributed by atoms with Crippen molar-refractivity contribution < 1.29 is 22.7 Å². The SMILES string of the molecule is CCN(CC12CC1c1cc(OC)ccc1-c1c(C3CCCCC3)c3ccc(C(=O)NS(=O)(=O)N(C)C)cc3n1C2)C(C)=O. The Kier molecular flexibility index (Phi) is 7.57. The molecule has 230 valence electrons. The van der Waals surface area contributed by atoms with E-state index < -0.39 is 16.1 Å². The van der Waals surface area contributed by atoms with Crippen LogP contribution in [-0.4, -0.2) is 68.3 Å². The Morgan fingerprint density at radius 2 is 1.84 bits per heavy atom. The number of methoxy groups -OCH3 is 1. The Hall–Kier alpha value is -3.37. The molecule has 1 aromatic heterocycles. The lowest BCUT2D eigenvalue weighted by atomic mass is 9.81. The van der Waals surface area contributed by atoms with Crippen LogP contribution in [0.4, 0.5) is 0 Å². The van der Waals surface area contributed by atoms with Crippen molar-refractivity contribution in [3.63, 3.8) is 0 Å². The molecule has 9 nitrogen and oxygen atoms in total. The minimum absolute atomic E-state index is 0.0687. The second-order valence-electron chi connectivity index (χ2n) is 12.7. The van der Waals surface area contributed by atoms with Crippen LogP contribution in [0.1, 0.15) is 85.7 Å². The van der Waals surface area contributed by atoms with Crippen molar-refractivity contribution in [2.75, 3.05) is 34.3 Å². The molecule has 1 N–H and O–H groups in total. The largest absolute Gasteiger partial charge is 0.497 e. The Bertz CT molecular complexity index is 1710. The zero-order valence-corrected chi connectivity index (χ0v) is 26.6. The molecule has 0 spiro atoms. The number of ether oxygens (including phenoxy) is 1. The third-order valence-electron chi connectivity index (χ3n) is 9.97. The highest BCUT2D eigenvalue weighted by Crippen LogP contribution is 2.65. The number of aromatic nitrogens is 1. The molecule has 1 aliphatic heterocycles. The highest BCUT2D eigenvalue weighted by atomic mass is 32.2. The second kappa shape index (κ2) is 11.0. The highest BCUT2D eigenvalue weighted by molar-refractivity contribution is 7.87. The summed E-state index contributed by atoms with van der Waals surface area (Å²) in [6.45, 7) is 5.66. The molecule has 0 bridgehead atoms. The fourth-order valence-corrected chi connectivity index (χ4v) is 8.08. The summed E-state index contributed by atoms with van der Waals surface area (Å²) in [5.74, 6) is 0.905. The van der Waals surface area contributed by atoms with Gasteiger partial charge in [-0.05, 0) is 79.5 Å². The van der Waals surface area contributed by atoms with Gasteiger partial charge in [0.2, 0.25) is 5.91 Å². The molecule has 3 aromatic rings. The molecule has 2 atom stereocenters. The van der Waals surface area contributed by atoms with Crippen molar-refractivity contribution in [1.82, 2.24) is 18.5 Å². The monoisotopic (exact) mass is 606 g/mol. The molecule has 0 radical (unpaired) electrons. The zero-order chi connectivity index (χ0) is 30.7. The molecular formula is C33H42N4O5S. The van der Waals surface area contributed by atoms with Gasteiger partial charge in [0, 0.05) is 68.1 Å². The van der Waals surface area contributed by atoms with E-state index in [1.54, 1.807) is 20.1 Å². The first kappa shape index (κ1) is 29.7. The minimum Gasteiger partial charge on any atom is -0.497 e. The minimum atomic E-state index is -3.94. The van der Waals surface area contributed by atoms with Crippen molar-refractivity contribution in [2.24, 2.45) is 5.41 Å². The summed E-state index contributed by atoms with van der Waals surface area (Å²) in [6, 6.07) is 12.0. The van der Waals surface area contributed by atoms with Gasteiger partial charge in [0.15, 0.2) is 0 Å². The molecular weight excluding hydrogens is 564 g/mol. The van der Waals surface area contributed by atoms with Crippen molar-refractivity contribution in [3.05, 3.63) is 53.1 Å². The highest BCUT2D eigenvalue weighted by Gasteiger charge is 2.58. The lowest BCUT2D eigenvalue weighted by Gasteiger charge is -2.27. The third-order valence-corrected chi connectivity index (χ3v) is 11.4. The van der Waals surface area contributed by atoms with Crippen LogP contribution in [0.2, 0.25) is 0 Å². The van der Waals surface area contributed by atoms with E-state index in [2.05, 4.69) is 21.4 Å². The molecule has 2 unspecified atom stereocenters. The van der Waals surface area contributed by atoms with E-state index in [4.69, 9.17) is 4.74 Å². The van der Waals surface area contributed by atoms with Crippen molar-refractivity contribution in [2.45, 2.75) is 70.8 Å². The molecule has 2 aromatic carbocycles. The Labute approximate surface area is 254 Å². The first-order chi connectivity index (χ1) is 20.5. The van der Waals surface area contributed by atoms with Gasteiger partial charge in [-0.25, -0.2) is 4.72 Å². The fourth-order valence-electron chi connectivity index (χ4n) is 7.54. The molecule has 3 aliphatic rings. The maximum Gasteiger partial charge on any atom is 0.303 e. The topological polar surface area (TPSA) is 101 Å². The number of hydrogen-bond acceptors (Lipinski definition) is 5. The van der Waals surface area contributed by atoms with Gasteiger partial charge in [-0.15, -0.1) is 0 Å². The van der Waals surface area contributed by atoms with Gasteiger partial charge >= 0.3 is 10.2 Å². The summed E-state index contributed by atoms with van der Waals surface area (Å²) in [5.41, 5.74) is 6.04. The average Bonchev–Trinajstić information content (AvgIpc) is 3.63. The molecule has 2 aliphatic carbocycles. The van der Waals surface area contributed by atoms with Crippen LogP contribution in [0.25, 0.3) is 22.2 Å². The second-order valence-corrected chi connectivity index (χ2v) is 14.6. The Balaban J connectivity index is 1.58. The van der Waals surface area contributed by atoms with E-state index in [0.717, 1.165) is 40.2 Å². The summed E-state index contributed by atoms with van der Waals surface area (Å²) < 4.78 is 36.2. The number of fused-ring (bicyclic) bond motifs is 7. The normalized spacial score (nSPS) is 21.5. The zero-order valence-electron chi connectivity index (χ0n) is 25.8. The Morgan fingerprint density at radius 3 is 2.49 bits per heavy atom. The molecule has 2 amide bonds. The van der Waals surface area contributed by atoms with Gasteiger partial charge in [0.05, 0.1) is 12.8 Å². The van der Waals surface area contributed by atoms with Crippen LogP contribution in [0.15, 0.2) is 36.4 Å². The van der Waals surface area contributed by atoms with Gasteiger partial charge in [0.1, 0.15) is 5.75 Å². The summed E-state index contributed by atoms with van der Waals surface area (Å²) >= 11 is 0. The third kappa shape index (κ3) is 5.12. The van der Waals surface area contributed by atoms with E-state index in [-0.39, 0.29) is 17.2 Å². The predicted molar refractivity (Wildman–Crippen MR) is 168 cm³/mol. The number of amides is 2. The van der Waals surface area contributed by atoms with Gasteiger partial charge < -0.3 is 14.2 Å². The molecule has 6 rings (SSSR count). The number of nitrogens with one attached hydrogen (secondary N) is 1. The number of benzene rings is 2. The Morgan fingerprint density at radius 1 is 1.09 bits per heavy atom. The smallest absolute Gasteiger partial charge is 0.303 e. The summed E-state index contributed by atoms with van der Waals surface area (Å²) in [6.07, 6.45) is 6.80. The maximum atomic E-state index is 13.2. The summed E-state index contributed by atoms with van der Waals surface area (Å²) in [7, 11) is 0.535. The number of carbonyl (C=O) groups excluding carboxylic acids is 2.